The third-order valence-corrected chi connectivity index (χ3v) is 7.75. The van der Waals surface area contributed by atoms with Gasteiger partial charge < -0.3 is 9.47 Å². The van der Waals surface area contributed by atoms with E-state index in [1.54, 1.807) is 24.3 Å². The van der Waals surface area contributed by atoms with E-state index in [0.717, 1.165) is 0 Å². The number of ether oxygens (including phenoxy) is 2. The number of ketones is 1. The van der Waals surface area contributed by atoms with Crippen LogP contribution in [0.25, 0.3) is 0 Å². The molecular weight excluding hydrogens is 574 g/mol. The zero-order valence-electron chi connectivity index (χ0n) is 18.8. The number of hydrogen-bond donors (Lipinski definition) is 0. The molecule has 0 bridgehead atoms. The molecule has 34 heavy (non-hydrogen) atoms. The van der Waals surface area contributed by atoms with Crippen molar-refractivity contribution in [3.8, 4) is 0 Å². The summed E-state index contributed by atoms with van der Waals surface area (Å²) >= 11 is 6.42. The first-order valence-corrected chi connectivity index (χ1v) is 13.0. The van der Waals surface area contributed by atoms with E-state index in [9.17, 15) is 13.6 Å². The Morgan fingerprint density at radius 3 is 1.50 bits per heavy atom. The number of carbonyl (C=O) groups is 1. The van der Waals surface area contributed by atoms with Crippen LogP contribution in [0.15, 0.2) is 45.3 Å². The monoisotopic (exact) mass is 600 g/mol. The molecule has 5 nitrogen and oxygen atoms in total. The third kappa shape index (κ3) is 6.50. The summed E-state index contributed by atoms with van der Waals surface area (Å²) in [6.07, 6.45) is 0. The minimum atomic E-state index is -0.557. The van der Waals surface area contributed by atoms with E-state index in [1.165, 1.54) is 12.1 Å². The molecule has 0 N–H and O–H groups in total. The molecule has 2 aliphatic rings. The second kappa shape index (κ2) is 12.1. The molecule has 2 saturated heterocycles. The van der Waals surface area contributed by atoms with Gasteiger partial charge in [-0.15, -0.1) is 0 Å². The van der Waals surface area contributed by atoms with Crippen molar-refractivity contribution < 1.29 is 23.0 Å². The minimum Gasteiger partial charge on any atom is -0.379 e. The molecule has 4 rings (SSSR count). The largest absolute Gasteiger partial charge is 0.379 e. The lowest BCUT2D eigenvalue weighted by atomic mass is 9.82. The summed E-state index contributed by atoms with van der Waals surface area (Å²) in [5.41, 5.74) is 1.25. The van der Waals surface area contributed by atoms with Crippen LogP contribution in [0.5, 0.6) is 0 Å². The second-order valence-corrected chi connectivity index (χ2v) is 10.4. The molecule has 2 aliphatic heterocycles. The highest BCUT2D eigenvalue weighted by Crippen LogP contribution is 2.32. The van der Waals surface area contributed by atoms with Crippen LogP contribution in [-0.4, -0.2) is 81.3 Å². The van der Waals surface area contributed by atoms with Gasteiger partial charge in [0.1, 0.15) is 17.4 Å². The first-order valence-electron chi connectivity index (χ1n) is 11.5. The summed E-state index contributed by atoms with van der Waals surface area (Å²) in [6, 6.07) is 9.73. The smallest absolute Gasteiger partial charge is 0.150 e. The lowest BCUT2D eigenvalue weighted by Crippen LogP contribution is -2.44. The number of benzene rings is 2. The maximum absolute atomic E-state index is 14.5. The van der Waals surface area contributed by atoms with E-state index in [-0.39, 0.29) is 5.78 Å². The number of halogens is 4. The maximum atomic E-state index is 14.5. The van der Waals surface area contributed by atoms with Gasteiger partial charge in [0.05, 0.1) is 47.2 Å². The molecule has 2 fully saturated rings. The lowest BCUT2D eigenvalue weighted by molar-refractivity contribution is -0.123. The fourth-order valence-corrected chi connectivity index (χ4v) is 5.00. The summed E-state index contributed by atoms with van der Waals surface area (Å²) in [4.78, 5) is 18.6. The van der Waals surface area contributed by atoms with Crippen molar-refractivity contribution in [2.75, 3.05) is 65.7 Å². The van der Waals surface area contributed by atoms with Gasteiger partial charge in [0, 0.05) is 39.3 Å². The topological polar surface area (TPSA) is 42.0 Å². The number of carbonyl (C=O) groups excluding carboxylic acids is 1. The quantitative estimate of drug-likeness (QED) is 0.443. The van der Waals surface area contributed by atoms with Crippen LogP contribution in [0.2, 0.25) is 0 Å². The minimum absolute atomic E-state index is 0.0403. The summed E-state index contributed by atoms with van der Waals surface area (Å²) in [6.45, 7) is 6.18. The molecule has 9 heteroatoms. The van der Waals surface area contributed by atoms with Crippen LogP contribution >= 0.6 is 31.9 Å². The number of nitrogens with zero attached hydrogens (tertiary/aromatic N) is 2. The first kappa shape index (κ1) is 25.9. The molecule has 0 radical (unpaired) electrons. The number of hydrogen-bond acceptors (Lipinski definition) is 5. The highest BCUT2D eigenvalue weighted by Gasteiger charge is 2.33. The van der Waals surface area contributed by atoms with Crippen LogP contribution < -0.4 is 0 Å². The van der Waals surface area contributed by atoms with Gasteiger partial charge in [0.2, 0.25) is 0 Å². The Morgan fingerprint density at radius 1 is 0.765 bits per heavy atom. The van der Waals surface area contributed by atoms with Crippen molar-refractivity contribution in [3.63, 3.8) is 0 Å². The van der Waals surface area contributed by atoms with Gasteiger partial charge in [0.15, 0.2) is 0 Å². The fourth-order valence-electron chi connectivity index (χ4n) is 4.50. The summed E-state index contributed by atoms with van der Waals surface area (Å²) < 4.78 is 40.7. The predicted molar refractivity (Wildman–Crippen MR) is 133 cm³/mol. The molecule has 2 aromatic rings. The molecule has 0 amide bonds. The molecule has 2 atom stereocenters. The molecule has 2 heterocycles. The van der Waals surface area contributed by atoms with Gasteiger partial charge in [-0.05, 0) is 67.3 Å². The van der Waals surface area contributed by atoms with E-state index in [2.05, 4.69) is 41.7 Å². The molecular formula is C25H28Br2F2N2O3. The van der Waals surface area contributed by atoms with Crippen molar-refractivity contribution in [2.45, 2.75) is 11.8 Å². The summed E-state index contributed by atoms with van der Waals surface area (Å²) in [5.74, 6) is -1.97. The van der Waals surface area contributed by atoms with Crippen molar-refractivity contribution in [1.82, 2.24) is 9.80 Å². The van der Waals surface area contributed by atoms with Crippen molar-refractivity contribution in [2.24, 2.45) is 0 Å². The first-order chi connectivity index (χ1) is 16.4. The average Bonchev–Trinajstić information content (AvgIpc) is 2.85. The summed E-state index contributed by atoms with van der Waals surface area (Å²) in [7, 11) is 0. The Balaban J connectivity index is 1.69. The zero-order chi connectivity index (χ0) is 24.1. The van der Waals surface area contributed by atoms with Crippen LogP contribution in [0.4, 0.5) is 8.78 Å². The molecule has 2 aromatic carbocycles. The Bertz CT molecular complexity index is 921. The van der Waals surface area contributed by atoms with E-state index in [0.29, 0.717) is 85.8 Å². The number of rotatable bonds is 8. The van der Waals surface area contributed by atoms with Gasteiger partial charge in [-0.2, -0.15) is 0 Å². The molecule has 0 spiro atoms. The van der Waals surface area contributed by atoms with Gasteiger partial charge in [0.25, 0.3) is 0 Å². The van der Waals surface area contributed by atoms with Crippen LogP contribution in [0.1, 0.15) is 23.0 Å². The highest BCUT2D eigenvalue weighted by molar-refractivity contribution is 9.10. The molecule has 0 aromatic heterocycles. The zero-order valence-corrected chi connectivity index (χ0v) is 22.0. The van der Waals surface area contributed by atoms with E-state index in [4.69, 9.17) is 9.47 Å². The second-order valence-electron chi connectivity index (χ2n) is 8.68. The fraction of sp³-hybridized carbons (Fsp3) is 0.480. The van der Waals surface area contributed by atoms with Gasteiger partial charge >= 0.3 is 0 Å². The van der Waals surface area contributed by atoms with E-state index < -0.39 is 23.5 Å². The number of morpholine rings is 2. The molecule has 184 valence electrons. The van der Waals surface area contributed by atoms with Gasteiger partial charge in [-0.1, -0.05) is 12.1 Å². The number of Topliss-reactive ketones (excluding diaryl/α,β-unsaturated/α-hetero) is 1. The normalized spacial score (nSPS) is 19.6. The Labute approximate surface area is 215 Å². The lowest BCUT2D eigenvalue weighted by Gasteiger charge is -2.34. The van der Waals surface area contributed by atoms with Crippen molar-refractivity contribution in [3.05, 3.63) is 68.1 Å². The Kier molecular flexibility index (Phi) is 9.23. The third-order valence-electron chi connectivity index (χ3n) is 6.47. The van der Waals surface area contributed by atoms with E-state index in [1.807, 2.05) is 0 Å². The Morgan fingerprint density at radius 2 is 1.15 bits per heavy atom. The standard InChI is InChI=1S/C25H28Br2F2N2O3/c26-21-3-1-17(13-23(21)28)19(15-30-5-9-33-10-6-30)25(32)20(16-31-7-11-34-12-8-31)18-2-4-22(27)24(29)14-18/h1-4,13-14,19-20H,5-12,15-16H2. The van der Waals surface area contributed by atoms with Crippen molar-refractivity contribution >= 4 is 37.6 Å². The highest BCUT2D eigenvalue weighted by atomic mass is 79.9. The molecule has 2 unspecified atom stereocenters. The van der Waals surface area contributed by atoms with Crippen LogP contribution in [-0.2, 0) is 14.3 Å². The molecule has 0 aliphatic carbocycles. The van der Waals surface area contributed by atoms with E-state index >= 15 is 0 Å². The van der Waals surface area contributed by atoms with Crippen LogP contribution in [0.3, 0.4) is 0 Å². The average molecular weight is 602 g/mol. The summed E-state index contributed by atoms with van der Waals surface area (Å²) in [5, 5.41) is 0. The van der Waals surface area contributed by atoms with Gasteiger partial charge in [-0.25, -0.2) is 8.78 Å². The maximum Gasteiger partial charge on any atom is 0.150 e. The van der Waals surface area contributed by atoms with Crippen LogP contribution in [0, 0.1) is 11.6 Å². The van der Waals surface area contributed by atoms with Crippen molar-refractivity contribution in [1.29, 1.82) is 0 Å². The Hall–Kier alpha value is -1.23. The molecule has 0 saturated carbocycles. The predicted octanol–water partition coefficient (Wildman–Crippen LogP) is 4.59. The van der Waals surface area contributed by atoms with Gasteiger partial charge in [-0.3, -0.25) is 14.6 Å². The SMILES string of the molecule is O=C(C(CN1CCOCC1)c1ccc(Br)c(F)c1)C(CN1CCOCC1)c1ccc(Br)c(F)c1.